The second-order valence-corrected chi connectivity index (χ2v) is 8.96. The van der Waals surface area contributed by atoms with Crippen molar-refractivity contribution in [1.29, 1.82) is 0 Å². The molecule has 2 heterocycles. The third kappa shape index (κ3) is 9.38. The SMILES string of the molecule is COc1cccc(Nc2nc(NCCOCCOCCNC(=O)c3ccccc3)nc(N3CCCCC3)n2)c1. The topological polar surface area (TPSA) is 123 Å². The Kier molecular flexibility index (Phi) is 11.1. The first-order valence-corrected chi connectivity index (χ1v) is 13.4. The number of rotatable bonds is 15. The maximum atomic E-state index is 12.0. The molecule has 0 bridgehead atoms. The summed E-state index contributed by atoms with van der Waals surface area (Å²) in [7, 11) is 1.64. The summed E-state index contributed by atoms with van der Waals surface area (Å²) in [6.45, 7) is 4.64. The van der Waals surface area contributed by atoms with Gasteiger partial charge in [0.15, 0.2) is 0 Å². The molecule has 1 amide bonds. The van der Waals surface area contributed by atoms with Crippen LogP contribution in [0.4, 0.5) is 23.5 Å². The Bertz CT molecular complexity index is 1160. The molecule has 3 aromatic rings. The fourth-order valence-corrected chi connectivity index (χ4v) is 4.05. The molecule has 4 rings (SSSR count). The van der Waals surface area contributed by atoms with E-state index in [4.69, 9.17) is 14.2 Å². The van der Waals surface area contributed by atoms with Gasteiger partial charge in [-0.15, -0.1) is 0 Å². The standard InChI is InChI=1S/C28H37N7O4/c1-37-24-12-8-11-23(21-24)31-27-32-26(33-28(34-27)35-15-6-3-7-16-35)30-14-18-39-20-19-38-17-13-29-25(36)22-9-4-2-5-10-22/h2,4-5,8-12,21H,3,6-7,13-20H2,1H3,(H,29,36)(H2,30,31,32,33,34). The number of benzene rings is 2. The lowest BCUT2D eigenvalue weighted by molar-refractivity contribution is 0.0519. The van der Waals surface area contributed by atoms with Crippen LogP contribution in [-0.2, 0) is 9.47 Å². The number of amides is 1. The van der Waals surface area contributed by atoms with Gasteiger partial charge in [-0.1, -0.05) is 24.3 Å². The van der Waals surface area contributed by atoms with Crippen LogP contribution in [0.2, 0.25) is 0 Å². The first-order chi connectivity index (χ1) is 19.2. The fourth-order valence-electron chi connectivity index (χ4n) is 4.05. The molecule has 39 heavy (non-hydrogen) atoms. The summed E-state index contributed by atoms with van der Waals surface area (Å²) < 4.78 is 16.5. The van der Waals surface area contributed by atoms with Gasteiger partial charge in [0.25, 0.3) is 5.91 Å². The molecule has 208 valence electrons. The highest BCUT2D eigenvalue weighted by molar-refractivity contribution is 5.94. The van der Waals surface area contributed by atoms with Crippen molar-refractivity contribution in [3.05, 3.63) is 60.2 Å². The number of hydrogen-bond acceptors (Lipinski definition) is 10. The van der Waals surface area contributed by atoms with E-state index in [2.05, 4.69) is 35.8 Å². The van der Waals surface area contributed by atoms with Gasteiger partial charge in [-0.05, 0) is 43.5 Å². The highest BCUT2D eigenvalue weighted by atomic mass is 16.5. The number of piperidine rings is 1. The normalized spacial score (nSPS) is 13.1. The number of anilines is 4. The Hall–Kier alpha value is -3.96. The first kappa shape index (κ1) is 28.1. The number of methoxy groups -OCH3 is 1. The minimum Gasteiger partial charge on any atom is -0.497 e. The fraction of sp³-hybridized carbons (Fsp3) is 0.429. The average molecular weight is 536 g/mol. The summed E-state index contributed by atoms with van der Waals surface area (Å²) >= 11 is 0. The molecule has 1 saturated heterocycles. The van der Waals surface area contributed by atoms with Gasteiger partial charge < -0.3 is 35.1 Å². The van der Waals surface area contributed by atoms with E-state index in [1.54, 1.807) is 19.2 Å². The molecule has 1 aromatic heterocycles. The molecule has 1 fully saturated rings. The van der Waals surface area contributed by atoms with Crippen LogP contribution in [0.15, 0.2) is 54.6 Å². The van der Waals surface area contributed by atoms with Crippen molar-refractivity contribution in [2.24, 2.45) is 0 Å². The molecule has 2 aromatic carbocycles. The summed E-state index contributed by atoms with van der Waals surface area (Å²) in [5.74, 6) is 2.26. The molecule has 0 aliphatic carbocycles. The third-order valence-corrected chi connectivity index (χ3v) is 6.06. The highest BCUT2D eigenvalue weighted by Crippen LogP contribution is 2.23. The Morgan fingerprint density at radius 2 is 1.59 bits per heavy atom. The van der Waals surface area contributed by atoms with E-state index in [9.17, 15) is 4.79 Å². The lowest BCUT2D eigenvalue weighted by Gasteiger charge is -2.27. The molecule has 0 radical (unpaired) electrons. The van der Waals surface area contributed by atoms with E-state index in [0.717, 1.165) is 37.4 Å². The molecule has 0 saturated carbocycles. The van der Waals surface area contributed by atoms with Gasteiger partial charge in [0.2, 0.25) is 17.8 Å². The molecule has 0 unspecified atom stereocenters. The van der Waals surface area contributed by atoms with Crippen molar-refractivity contribution in [2.45, 2.75) is 19.3 Å². The summed E-state index contributed by atoms with van der Waals surface area (Å²) in [5.41, 5.74) is 1.47. The number of carbonyl (C=O) groups is 1. The maximum Gasteiger partial charge on any atom is 0.251 e. The molecule has 1 aliphatic heterocycles. The van der Waals surface area contributed by atoms with Crippen molar-refractivity contribution in [3.63, 3.8) is 0 Å². The van der Waals surface area contributed by atoms with Crippen LogP contribution < -0.4 is 25.6 Å². The quantitative estimate of drug-likeness (QED) is 0.249. The Morgan fingerprint density at radius 1 is 0.846 bits per heavy atom. The number of ether oxygens (including phenoxy) is 3. The molecule has 11 heteroatoms. The van der Waals surface area contributed by atoms with E-state index in [-0.39, 0.29) is 5.91 Å². The number of nitrogens with zero attached hydrogens (tertiary/aromatic N) is 4. The molecule has 3 N–H and O–H groups in total. The Morgan fingerprint density at radius 3 is 2.36 bits per heavy atom. The Labute approximate surface area is 229 Å². The molecule has 11 nitrogen and oxygen atoms in total. The van der Waals surface area contributed by atoms with Gasteiger partial charge in [-0.2, -0.15) is 15.0 Å². The average Bonchev–Trinajstić information content (AvgIpc) is 2.99. The van der Waals surface area contributed by atoms with E-state index >= 15 is 0 Å². The smallest absolute Gasteiger partial charge is 0.251 e. The second-order valence-electron chi connectivity index (χ2n) is 8.96. The van der Waals surface area contributed by atoms with Crippen LogP contribution in [-0.4, -0.2) is 80.6 Å². The van der Waals surface area contributed by atoms with Gasteiger partial charge in [0.05, 0.1) is 33.5 Å². The van der Waals surface area contributed by atoms with Crippen LogP contribution in [0.5, 0.6) is 5.75 Å². The third-order valence-electron chi connectivity index (χ3n) is 6.06. The summed E-state index contributed by atoms with van der Waals surface area (Å²) in [4.78, 5) is 28.1. The van der Waals surface area contributed by atoms with Gasteiger partial charge in [0.1, 0.15) is 5.75 Å². The summed E-state index contributed by atoms with van der Waals surface area (Å²) in [6.07, 6.45) is 3.48. The molecular formula is C28H37N7O4. The van der Waals surface area contributed by atoms with E-state index < -0.39 is 0 Å². The van der Waals surface area contributed by atoms with Crippen molar-refractivity contribution >= 4 is 29.4 Å². The number of hydrogen-bond donors (Lipinski definition) is 3. The zero-order chi connectivity index (χ0) is 27.1. The predicted molar refractivity (Wildman–Crippen MR) is 151 cm³/mol. The molecule has 0 atom stereocenters. The predicted octanol–water partition coefficient (Wildman–Crippen LogP) is 3.49. The van der Waals surface area contributed by atoms with Gasteiger partial charge in [-0.25, -0.2) is 0 Å². The first-order valence-electron chi connectivity index (χ1n) is 13.4. The van der Waals surface area contributed by atoms with E-state index in [1.165, 1.54) is 6.42 Å². The summed E-state index contributed by atoms with van der Waals surface area (Å²) in [6, 6.07) is 16.7. The monoisotopic (exact) mass is 535 g/mol. The van der Waals surface area contributed by atoms with E-state index in [1.807, 2.05) is 42.5 Å². The van der Waals surface area contributed by atoms with Crippen molar-refractivity contribution < 1.29 is 19.0 Å². The highest BCUT2D eigenvalue weighted by Gasteiger charge is 2.16. The van der Waals surface area contributed by atoms with Crippen LogP contribution in [0.25, 0.3) is 0 Å². The molecule has 0 spiro atoms. The van der Waals surface area contributed by atoms with Gasteiger partial charge in [-0.3, -0.25) is 4.79 Å². The molecule has 1 aliphatic rings. The van der Waals surface area contributed by atoms with E-state index in [0.29, 0.717) is 62.9 Å². The van der Waals surface area contributed by atoms with Crippen LogP contribution in [0.3, 0.4) is 0 Å². The van der Waals surface area contributed by atoms with Gasteiger partial charge >= 0.3 is 0 Å². The molecular weight excluding hydrogens is 498 g/mol. The van der Waals surface area contributed by atoms with Gasteiger partial charge in [0, 0.05) is 43.5 Å². The lowest BCUT2D eigenvalue weighted by atomic mass is 10.1. The second kappa shape index (κ2) is 15.5. The summed E-state index contributed by atoms with van der Waals surface area (Å²) in [5, 5.41) is 9.35. The van der Waals surface area contributed by atoms with Crippen molar-refractivity contribution in [1.82, 2.24) is 20.3 Å². The number of nitrogens with one attached hydrogen (secondary N) is 3. The van der Waals surface area contributed by atoms with Crippen LogP contribution >= 0.6 is 0 Å². The van der Waals surface area contributed by atoms with Crippen molar-refractivity contribution in [3.8, 4) is 5.75 Å². The van der Waals surface area contributed by atoms with Crippen LogP contribution in [0.1, 0.15) is 29.6 Å². The largest absolute Gasteiger partial charge is 0.497 e. The minimum absolute atomic E-state index is 0.106. The number of carbonyl (C=O) groups excluding carboxylic acids is 1. The zero-order valence-corrected chi connectivity index (χ0v) is 22.4. The maximum absolute atomic E-state index is 12.0. The van der Waals surface area contributed by atoms with Crippen LogP contribution in [0, 0.1) is 0 Å². The minimum atomic E-state index is -0.106. The lowest BCUT2D eigenvalue weighted by Crippen LogP contribution is -2.31. The zero-order valence-electron chi connectivity index (χ0n) is 22.4. The van der Waals surface area contributed by atoms with Crippen molar-refractivity contribution in [2.75, 3.05) is 75.2 Å². The Balaban J connectivity index is 1.18. The number of aromatic nitrogens is 3.